The molecule has 50 heavy (non-hydrogen) atoms. The van der Waals surface area contributed by atoms with Crippen LogP contribution in [-0.4, -0.2) is 10.3 Å². The summed E-state index contributed by atoms with van der Waals surface area (Å²) in [5.41, 5.74) is 11.8. The summed E-state index contributed by atoms with van der Waals surface area (Å²) in [6, 6.07) is 50.7. The lowest BCUT2D eigenvalue weighted by molar-refractivity contribution is 0.663. The second kappa shape index (κ2) is 11.9. The zero-order valence-corrected chi connectivity index (χ0v) is 28.2. The Morgan fingerprint density at radius 1 is 0.660 bits per heavy atom. The van der Waals surface area contributed by atoms with Crippen molar-refractivity contribution in [1.82, 2.24) is 9.88 Å². The summed E-state index contributed by atoms with van der Waals surface area (Å²) in [5.74, 6) is 0. The van der Waals surface area contributed by atoms with Crippen LogP contribution in [0.3, 0.4) is 0 Å². The fraction of sp³-hybridized carbons (Fsp3) is 0.0652. The monoisotopic (exact) mass is 659 g/mol. The smallest absolute Gasteiger partial charge is 0.145 e. The van der Waals surface area contributed by atoms with Gasteiger partial charge in [-0.05, 0) is 77.1 Å². The molecule has 238 valence electrons. The van der Waals surface area contributed by atoms with Gasteiger partial charge in [0.1, 0.15) is 6.17 Å². The number of thiophene rings is 1. The second-order valence-electron chi connectivity index (χ2n) is 13.1. The topological polar surface area (TPSA) is 29.3 Å². The SMILES string of the molecule is C1=CCCC(C2=NC(c3ccc(-n4c5ccccc5c5ccc(-c6cccc7c6sc6ccccc67)cc54)cc3)NC(c3ccccc3)=C2)=C1. The van der Waals surface area contributed by atoms with E-state index in [1.165, 1.54) is 64.2 Å². The summed E-state index contributed by atoms with van der Waals surface area (Å²) >= 11 is 1.88. The fourth-order valence-corrected chi connectivity index (χ4v) is 8.90. The highest BCUT2D eigenvalue weighted by Gasteiger charge is 2.21. The number of hydrogen-bond acceptors (Lipinski definition) is 3. The standard InChI is InChI=1S/C46H33N3S/c1-3-12-30(13-4-1)40-29-41(31-14-5-2-6-15-31)48-46(47-40)32-22-25-34(26-23-32)49-42-20-9-7-16-36(42)37-27-24-33(28-43(37)49)35-18-11-19-39-38-17-8-10-21-44(38)50-45(35)39/h1-5,7-14,16-29,46-47H,6,15H2. The second-order valence-corrected chi connectivity index (χ2v) is 14.2. The molecule has 0 amide bonds. The Bertz CT molecular complexity index is 2720. The average Bonchev–Trinajstić information content (AvgIpc) is 3.74. The van der Waals surface area contributed by atoms with E-state index in [2.05, 4.69) is 174 Å². The molecule has 0 saturated heterocycles. The van der Waals surface area contributed by atoms with E-state index in [1.54, 1.807) is 0 Å². The van der Waals surface area contributed by atoms with E-state index < -0.39 is 0 Å². The summed E-state index contributed by atoms with van der Waals surface area (Å²) in [7, 11) is 0. The lowest BCUT2D eigenvalue weighted by atomic mass is 9.96. The molecule has 8 aromatic rings. The predicted octanol–water partition coefficient (Wildman–Crippen LogP) is 12.2. The molecule has 1 aliphatic carbocycles. The van der Waals surface area contributed by atoms with Crippen molar-refractivity contribution in [2.75, 3.05) is 0 Å². The summed E-state index contributed by atoms with van der Waals surface area (Å²) in [6.45, 7) is 0. The Balaban J connectivity index is 1.08. The summed E-state index contributed by atoms with van der Waals surface area (Å²) in [4.78, 5) is 5.25. The highest BCUT2D eigenvalue weighted by Crippen LogP contribution is 2.42. The van der Waals surface area contributed by atoms with Crippen LogP contribution < -0.4 is 5.32 Å². The lowest BCUT2D eigenvalue weighted by Gasteiger charge is -2.26. The van der Waals surface area contributed by atoms with E-state index in [4.69, 9.17) is 4.99 Å². The van der Waals surface area contributed by atoms with Gasteiger partial charge in [-0.3, -0.25) is 4.99 Å². The molecule has 3 nitrogen and oxygen atoms in total. The van der Waals surface area contributed by atoms with Crippen LogP contribution in [0.1, 0.15) is 30.1 Å². The molecule has 0 spiro atoms. The number of allylic oxidation sites excluding steroid dienone is 5. The van der Waals surface area contributed by atoms with Gasteiger partial charge in [0.2, 0.25) is 0 Å². The van der Waals surface area contributed by atoms with Gasteiger partial charge in [0.15, 0.2) is 0 Å². The zero-order valence-electron chi connectivity index (χ0n) is 27.4. The van der Waals surface area contributed by atoms with E-state index in [0.29, 0.717) is 0 Å². The third-order valence-corrected chi connectivity index (χ3v) is 11.3. The van der Waals surface area contributed by atoms with Crippen LogP contribution in [0.25, 0.3) is 64.5 Å². The first kappa shape index (κ1) is 29.0. The number of aliphatic imine (C=N–C) groups is 1. The average molecular weight is 660 g/mol. The van der Waals surface area contributed by atoms with Gasteiger partial charge < -0.3 is 9.88 Å². The highest BCUT2D eigenvalue weighted by atomic mass is 32.1. The molecule has 1 atom stereocenters. The van der Waals surface area contributed by atoms with Gasteiger partial charge >= 0.3 is 0 Å². The van der Waals surface area contributed by atoms with Crippen molar-refractivity contribution in [2.24, 2.45) is 4.99 Å². The van der Waals surface area contributed by atoms with Crippen LogP contribution >= 0.6 is 11.3 Å². The minimum Gasteiger partial charge on any atom is -0.360 e. The summed E-state index contributed by atoms with van der Waals surface area (Å²) < 4.78 is 5.08. The minimum absolute atomic E-state index is 0.183. The third-order valence-electron chi connectivity index (χ3n) is 10.1. The molecular weight excluding hydrogens is 627 g/mol. The number of nitrogens with zero attached hydrogens (tertiary/aromatic N) is 2. The molecule has 0 radical (unpaired) electrons. The Labute approximate surface area is 294 Å². The Hall–Kier alpha value is -5.97. The van der Waals surface area contributed by atoms with Crippen LogP contribution in [0.5, 0.6) is 0 Å². The van der Waals surface area contributed by atoms with Crippen molar-refractivity contribution < 1.29 is 0 Å². The van der Waals surface area contributed by atoms with Gasteiger partial charge in [-0.25, -0.2) is 0 Å². The van der Waals surface area contributed by atoms with Crippen molar-refractivity contribution in [3.8, 4) is 16.8 Å². The van der Waals surface area contributed by atoms with Crippen LogP contribution in [0.2, 0.25) is 0 Å². The van der Waals surface area contributed by atoms with Crippen molar-refractivity contribution in [3.05, 3.63) is 181 Å². The molecule has 10 rings (SSSR count). The molecule has 6 aromatic carbocycles. The predicted molar refractivity (Wildman–Crippen MR) is 213 cm³/mol. The molecule has 1 N–H and O–H groups in total. The van der Waals surface area contributed by atoms with E-state index >= 15 is 0 Å². The molecule has 2 aromatic heterocycles. The van der Waals surface area contributed by atoms with Gasteiger partial charge in [-0.15, -0.1) is 11.3 Å². The Kier molecular flexibility index (Phi) is 6.88. The van der Waals surface area contributed by atoms with E-state index in [-0.39, 0.29) is 6.17 Å². The largest absolute Gasteiger partial charge is 0.360 e. The molecular formula is C46H33N3S. The first-order chi connectivity index (χ1) is 24.8. The van der Waals surface area contributed by atoms with Crippen molar-refractivity contribution in [1.29, 1.82) is 0 Å². The molecule has 0 bridgehead atoms. The maximum atomic E-state index is 5.25. The van der Waals surface area contributed by atoms with Crippen LogP contribution in [-0.2, 0) is 0 Å². The first-order valence-corrected chi connectivity index (χ1v) is 18.1. The number of nitrogens with one attached hydrogen (secondary N) is 1. The number of benzene rings is 6. The summed E-state index contributed by atoms with van der Waals surface area (Å²) in [6.07, 6.45) is 10.7. The van der Waals surface area contributed by atoms with Gasteiger partial charge in [-0.2, -0.15) is 0 Å². The number of para-hydroxylation sites is 1. The quantitative estimate of drug-likeness (QED) is 0.196. The first-order valence-electron chi connectivity index (χ1n) is 17.3. The molecule has 1 unspecified atom stereocenters. The van der Waals surface area contributed by atoms with Crippen LogP contribution in [0.4, 0.5) is 0 Å². The van der Waals surface area contributed by atoms with E-state index in [1.807, 2.05) is 11.3 Å². The Morgan fingerprint density at radius 2 is 1.44 bits per heavy atom. The van der Waals surface area contributed by atoms with Crippen LogP contribution in [0.15, 0.2) is 174 Å². The molecule has 4 heteroatoms. The Morgan fingerprint density at radius 3 is 2.30 bits per heavy atom. The van der Waals surface area contributed by atoms with E-state index in [0.717, 1.165) is 35.5 Å². The van der Waals surface area contributed by atoms with Crippen molar-refractivity contribution in [2.45, 2.75) is 19.0 Å². The molecule has 0 fully saturated rings. The number of rotatable bonds is 5. The maximum Gasteiger partial charge on any atom is 0.145 e. The van der Waals surface area contributed by atoms with Gasteiger partial charge in [0.25, 0.3) is 0 Å². The lowest BCUT2D eigenvalue weighted by Crippen LogP contribution is -2.25. The molecule has 0 saturated carbocycles. The van der Waals surface area contributed by atoms with Gasteiger partial charge in [0.05, 0.1) is 16.7 Å². The zero-order chi connectivity index (χ0) is 33.0. The number of fused-ring (bicyclic) bond motifs is 6. The van der Waals surface area contributed by atoms with E-state index in [9.17, 15) is 0 Å². The normalized spacial score (nSPS) is 16.1. The van der Waals surface area contributed by atoms with Gasteiger partial charge in [0, 0.05) is 42.3 Å². The van der Waals surface area contributed by atoms with Gasteiger partial charge in [-0.1, -0.05) is 127 Å². The third kappa shape index (κ3) is 4.83. The van der Waals surface area contributed by atoms with Crippen LogP contribution in [0, 0.1) is 0 Å². The molecule has 1 aliphatic heterocycles. The minimum atomic E-state index is -0.183. The van der Waals surface area contributed by atoms with Crippen molar-refractivity contribution in [3.63, 3.8) is 0 Å². The maximum absolute atomic E-state index is 5.25. The number of hydrogen-bond donors (Lipinski definition) is 1. The molecule has 2 aliphatic rings. The highest BCUT2D eigenvalue weighted by molar-refractivity contribution is 7.26. The fourth-order valence-electron chi connectivity index (χ4n) is 7.66. The number of aromatic nitrogens is 1. The molecule has 3 heterocycles. The summed E-state index contributed by atoms with van der Waals surface area (Å²) in [5, 5.41) is 8.90. The van der Waals surface area contributed by atoms with Crippen molar-refractivity contribution >= 4 is 64.7 Å².